The van der Waals surface area contributed by atoms with Crippen molar-refractivity contribution in [1.82, 2.24) is 4.90 Å². The Hall–Kier alpha value is -1.47. The molecule has 0 unspecified atom stereocenters. The van der Waals surface area contributed by atoms with Gasteiger partial charge in [-0.05, 0) is 25.8 Å². The van der Waals surface area contributed by atoms with Gasteiger partial charge in [0.05, 0.1) is 0 Å². The van der Waals surface area contributed by atoms with Crippen LogP contribution in [0, 0.1) is 0 Å². The molecule has 102 valence electrons. The fraction of sp³-hybridized carbons (Fsp3) is 0.727. The average molecular weight is 257 g/mol. The van der Waals surface area contributed by atoms with Crippen LogP contribution in [0.15, 0.2) is 0 Å². The molecule has 1 rings (SSSR count). The number of hydrogen-bond acceptors (Lipinski definition) is 6. The Kier molecular flexibility index (Phi) is 5.73. The number of unbranched alkanes of at least 4 members (excludes halogenated alkanes) is 1. The van der Waals surface area contributed by atoms with Crippen LogP contribution in [0.25, 0.3) is 0 Å². The molecule has 0 saturated carbocycles. The highest BCUT2D eigenvalue weighted by molar-refractivity contribution is 5.98. The number of carbonyl (C=O) groups excluding carboxylic acids is 3. The van der Waals surface area contributed by atoms with E-state index in [4.69, 9.17) is 11.5 Å². The van der Waals surface area contributed by atoms with Crippen molar-refractivity contribution in [3.63, 3.8) is 0 Å². The van der Waals surface area contributed by atoms with Crippen LogP contribution in [0.1, 0.15) is 32.1 Å². The van der Waals surface area contributed by atoms with Crippen LogP contribution in [-0.4, -0.2) is 42.0 Å². The molecule has 0 radical (unpaired) electrons. The lowest BCUT2D eigenvalue weighted by molar-refractivity contribution is -0.141. The first kappa shape index (κ1) is 14.6. The van der Waals surface area contributed by atoms with Gasteiger partial charge in [0, 0.05) is 13.0 Å². The molecule has 7 heteroatoms. The first-order valence-corrected chi connectivity index (χ1v) is 6.08. The zero-order valence-electron chi connectivity index (χ0n) is 10.3. The van der Waals surface area contributed by atoms with Gasteiger partial charge in [0.2, 0.25) is 5.91 Å². The van der Waals surface area contributed by atoms with Crippen LogP contribution in [-0.2, 0) is 14.3 Å². The molecule has 0 aromatic heterocycles. The van der Waals surface area contributed by atoms with Gasteiger partial charge in [-0.3, -0.25) is 4.79 Å². The highest BCUT2D eigenvalue weighted by Crippen LogP contribution is 2.11. The number of rotatable bonds is 5. The fourth-order valence-electron chi connectivity index (χ4n) is 1.68. The van der Waals surface area contributed by atoms with Crippen LogP contribution in [0.3, 0.4) is 0 Å². The summed E-state index contributed by atoms with van der Waals surface area (Å²) < 4.78 is 4.57. The zero-order valence-corrected chi connectivity index (χ0v) is 10.3. The second kappa shape index (κ2) is 7.07. The van der Waals surface area contributed by atoms with Crippen molar-refractivity contribution in [1.29, 1.82) is 0 Å². The number of nitrogens with zero attached hydrogens (tertiary/aromatic N) is 1. The third-order valence-corrected chi connectivity index (χ3v) is 2.75. The molecule has 1 aliphatic heterocycles. The number of esters is 1. The number of carbonyl (C=O) groups is 3. The Labute approximate surface area is 105 Å². The Morgan fingerprint density at radius 2 is 2.11 bits per heavy atom. The topological polar surface area (TPSA) is 116 Å². The normalized spacial score (nSPS) is 16.8. The van der Waals surface area contributed by atoms with E-state index in [1.807, 2.05) is 0 Å². The molecule has 1 heterocycles. The minimum atomic E-state index is -0.920. The molecule has 18 heavy (non-hydrogen) atoms. The molecule has 0 aromatic carbocycles. The Morgan fingerprint density at radius 1 is 1.39 bits per heavy atom. The summed E-state index contributed by atoms with van der Waals surface area (Å²) in [6.45, 7) is 0.830. The summed E-state index contributed by atoms with van der Waals surface area (Å²) in [6, 6.07) is -0.849. The van der Waals surface area contributed by atoms with Crippen LogP contribution < -0.4 is 11.5 Å². The van der Waals surface area contributed by atoms with Gasteiger partial charge in [-0.2, -0.15) is 0 Å². The third-order valence-electron chi connectivity index (χ3n) is 2.75. The monoisotopic (exact) mass is 257 g/mol. The third kappa shape index (κ3) is 4.08. The SMILES string of the molecule is NCCCC[C@H](N)C(=O)OC(=O)N1CCCC1=O. The summed E-state index contributed by atoms with van der Waals surface area (Å²) in [4.78, 5) is 35.1. The van der Waals surface area contributed by atoms with Crippen molar-refractivity contribution in [2.75, 3.05) is 13.1 Å². The number of likely N-dealkylation sites (tertiary alicyclic amines) is 1. The second-order valence-corrected chi connectivity index (χ2v) is 4.23. The van der Waals surface area contributed by atoms with Crippen molar-refractivity contribution in [3.05, 3.63) is 0 Å². The van der Waals surface area contributed by atoms with E-state index in [0.717, 1.165) is 11.3 Å². The van der Waals surface area contributed by atoms with Gasteiger partial charge in [0.15, 0.2) is 0 Å². The number of ether oxygens (including phenoxy) is 1. The van der Waals surface area contributed by atoms with Crippen molar-refractivity contribution >= 4 is 18.0 Å². The first-order valence-electron chi connectivity index (χ1n) is 6.08. The molecule has 1 saturated heterocycles. The lowest BCUT2D eigenvalue weighted by Gasteiger charge is -2.14. The molecule has 4 N–H and O–H groups in total. The highest BCUT2D eigenvalue weighted by Gasteiger charge is 2.30. The maximum absolute atomic E-state index is 11.5. The molecule has 2 amide bonds. The number of amides is 2. The van der Waals surface area contributed by atoms with Crippen LogP contribution in [0.2, 0.25) is 0 Å². The average Bonchev–Trinajstić information content (AvgIpc) is 2.75. The summed E-state index contributed by atoms with van der Waals surface area (Å²) in [5.74, 6) is -1.11. The van der Waals surface area contributed by atoms with Crippen LogP contribution in [0.5, 0.6) is 0 Å². The van der Waals surface area contributed by atoms with E-state index in [1.165, 1.54) is 0 Å². The standard InChI is InChI=1S/C11H19N3O4/c12-6-2-1-4-8(13)10(16)18-11(17)14-7-3-5-9(14)15/h8H,1-7,12-13H2/t8-/m0/s1. The van der Waals surface area contributed by atoms with E-state index >= 15 is 0 Å². The van der Waals surface area contributed by atoms with E-state index in [1.54, 1.807) is 0 Å². The summed E-state index contributed by atoms with van der Waals surface area (Å²) >= 11 is 0. The molecular weight excluding hydrogens is 238 g/mol. The summed E-state index contributed by atoms with van der Waals surface area (Å²) in [5.41, 5.74) is 10.9. The van der Waals surface area contributed by atoms with Crippen molar-refractivity contribution < 1.29 is 19.1 Å². The molecule has 1 fully saturated rings. The maximum Gasteiger partial charge on any atom is 0.424 e. The Balaban J connectivity index is 2.34. The molecule has 0 bridgehead atoms. The van der Waals surface area contributed by atoms with Gasteiger partial charge >= 0.3 is 12.1 Å². The number of imide groups is 1. The maximum atomic E-state index is 11.5. The van der Waals surface area contributed by atoms with Gasteiger partial charge in [-0.25, -0.2) is 14.5 Å². The second-order valence-electron chi connectivity index (χ2n) is 4.23. The summed E-state index contributed by atoms with van der Waals surface area (Å²) in [6.07, 6.45) is 1.87. The van der Waals surface area contributed by atoms with Gasteiger partial charge in [0.1, 0.15) is 6.04 Å². The summed E-state index contributed by atoms with van der Waals surface area (Å²) in [5, 5.41) is 0. The molecular formula is C11H19N3O4. The molecule has 0 spiro atoms. The minimum absolute atomic E-state index is 0.299. The van der Waals surface area contributed by atoms with Gasteiger partial charge in [-0.15, -0.1) is 0 Å². The van der Waals surface area contributed by atoms with E-state index in [2.05, 4.69) is 4.74 Å². The first-order chi connectivity index (χ1) is 8.56. The predicted molar refractivity (Wildman–Crippen MR) is 63.3 cm³/mol. The highest BCUT2D eigenvalue weighted by atomic mass is 16.6. The number of nitrogens with two attached hydrogens (primary N) is 2. The Bertz CT molecular complexity index is 332. The van der Waals surface area contributed by atoms with Crippen molar-refractivity contribution in [3.8, 4) is 0 Å². The lowest BCUT2D eigenvalue weighted by Crippen LogP contribution is -2.39. The Morgan fingerprint density at radius 3 is 2.67 bits per heavy atom. The van der Waals surface area contributed by atoms with E-state index in [-0.39, 0.29) is 5.91 Å². The molecule has 1 aliphatic rings. The van der Waals surface area contributed by atoms with Crippen LogP contribution in [0.4, 0.5) is 4.79 Å². The van der Waals surface area contributed by atoms with Crippen molar-refractivity contribution in [2.24, 2.45) is 11.5 Å². The van der Waals surface area contributed by atoms with E-state index < -0.39 is 18.1 Å². The van der Waals surface area contributed by atoms with Gasteiger partial charge in [-0.1, -0.05) is 6.42 Å². The smallest absolute Gasteiger partial charge is 0.375 e. The van der Waals surface area contributed by atoms with Crippen LogP contribution >= 0.6 is 0 Å². The fourth-order valence-corrected chi connectivity index (χ4v) is 1.68. The van der Waals surface area contributed by atoms with E-state index in [9.17, 15) is 14.4 Å². The number of hydrogen-bond donors (Lipinski definition) is 2. The largest absolute Gasteiger partial charge is 0.424 e. The minimum Gasteiger partial charge on any atom is -0.375 e. The lowest BCUT2D eigenvalue weighted by atomic mass is 10.1. The molecule has 1 atom stereocenters. The summed E-state index contributed by atoms with van der Waals surface area (Å²) in [7, 11) is 0. The van der Waals surface area contributed by atoms with Gasteiger partial charge < -0.3 is 16.2 Å². The molecule has 0 aliphatic carbocycles. The predicted octanol–water partition coefficient (Wildman–Crippen LogP) is -0.272. The van der Waals surface area contributed by atoms with Gasteiger partial charge in [0.25, 0.3) is 0 Å². The molecule has 7 nitrogen and oxygen atoms in total. The van der Waals surface area contributed by atoms with Crippen molar-refractivity contribution in [2.45, 2.75) is 38.1 Å². The zero-order chi connectivity index (χ0) is 13.5. The molecule has 0 aromatic rings. The quantitative estimate of drug-likeness (QED) is 0.398. The van der Waals surface area contributed by atoms with E-state index in [0.29, 0.717) is 38.8 Å².